The molecular weight excluding hydrogens is 417 g/mol. The SMILES string of the molecule is CCS(=O)(=O)[N+]1(c2ccc(Oc3ccccc3)c(C(F)(F)F)c2)C=C(CN)C=CC1. The summed E-state index contributed by atoms with van der Waals surface area (Å²) in [5, 5.41) is 0. The van der Waals surface area contributed by atoms with E-state index in [1.54, 1.807) is 30.4 Å². The summed E-state index contributed by atoms with van der Waals surface area (Å²) >= 11 is 0. The van der Waals surface area contributed by atoms with Gasteiger partial charge in [0.05, 0.1) is 5.75 Å². The number of halogens is 3. The summed E-state index contributed by atoms with van der Waals surface area (Å²) in [6.45, 7) is 1.49. The largest absolute Gasteiger partial charge is 0.457 e. The Kier molecular flexibility index (Phi) is 6.07. The second kappa shape index (κ2) is 8.25. The molecule has 1 unspecified atom stereocenters. The maximum atomic E-state index is 13.9. The summed E-state index contributed by atoms with van der Waals surface area (Å²) in [4.78, 5) is 0. The molecule has 1 heterocycles. The van der Waals surface area contributed by atoms with Crippen molar-refractivity contribution in [2.24, 2.45) is 5.73 Å². The lowest BCUT2D eigenvalue weighted by Gasteiger charge is -2.34. The Balaban J connectivity index is 2.19. The Hall–Kier alpha value is -2.62. The number of ether oxygens (including phenoxy) is 1. The van der Waals surface area contributed by atoms with Crippen molar-refractivity contribution >= 4 is 15.7 Å². The molecule has 0 aromatic heterocycles. The van der Waals surface area contributed by atoms with Crippen molar-refractivity contribution in [2.75, 3.05) is 18.8 Å². The molecular formula is C21H22F3N2O3S+. The number of para-hydroxylation sites is 1. The number of nitrogens with two attached hydrogens (primary N) is 1. The van der Waals surface area contributed by atoms with Gasteiger partial charge in [-0.15, -0.1) is 0 Å². The van der Waals surface area contributed by atoms with Crippen LogP contribution in [0.3, 0.4) is 0 Å². The van der Waals surface area contributed by atoms with Gasteiger partial charge in [0.2, 0.25) is 0 Å². The average Bonchev–Trinajstić information content (AvgIpc) is 2.73. The van der Waals surface area contributed by atoms with Crippen LogP contribution >= 0.6 is 0 Å². The highest BCUT2D eigenvalue weighted by molar-refractivity contribution is 7.91. The minimum atomic E-state index is -4.74. The van der Waals surface area contributed by atoms with Crippen LogP contribution in [-0.2, 0) is 16.2 Å². The van der Waals surface area contributed by atoms with Crippen molar-refractivity contribution in [1.29, 1.82) is 0 Å². The lowest BCUT2D eigenvalue weighted by atomic mass is 10.1. The van der Waals surface area contributed by atoms with Gasteiger partial charge in [0, 0.05) is 24.3 Å². The van der Waals surface area contributed by atoms with Gasteiger partial charge in [0.15, 0.2) is 5.69 Å². The first-order valence-corrected chi connectivity index (χ1v) is 10.9. The van der Waals surface area contributed by atoms with E-state index < -0.39 is 31.4 Å². The van der Waals surface area contributed by atoms with Gasteiger partial charge in [-0.25, -0.2) is 0 Å². The number of nitrogens with zero attached hydrogens (tertiary/aromatic N) is 1. The molecule has 9 heteroatoms. The fraction of sp³-hybridized carbons (Fsp3) is 0.238. The Bertz CT molecular complexity index is 1080. The molecule has 0 amide bonds. The van der Waals surface area contributed by atoms with E-state index in [2.05, 4.69) is 0 Å². The maximum absolute atomic E-state index is 13.9. The molecule has 0 spiro atoms. The normalized spacial score (nSPS) is 19.4. The predicted molar refractivity (Wildman–Crippen MR) is 110 cm³/mol. The zero-order valence-electron chi connectivity index (χ0n) is 16.3. The average molecular weight is 439 g/mol. The van der Waals surface area contributed by atoms with E-state index in [1.807, 2.05) is 0 Å². The molecule has 1 aliphatic rings. The molecule has 0 bridgehead atoms. The molecule has 30 heavy (non-hydrogen) atoms. The van der Waals surface area contributed by atoms with Crippen molar-refractivity contribution in [1.82, 2.24) is 3.89 Å². The van der Waals surface area contributed by atoms with Crippen LogP contribution in [0.2, 0.25) is 0 Å². The van der Waals surface area contributed by atoms with Gasteiger partial charge in [-0.2, -0.15) is 25.5 Å². The molecule has 0 radical (unpaired) electrons. The van der Waals surface area contributed by atoms with Crippen molar-refractivity contribution in [3.05, 3.63) is 78.0 Å². The molecule has 2 aromatic rings. The van der Waals surface area contributed by atoms with E-state index in [0.717, 1.165) is 12.1 Å². The molecule has 0 saturated carbocycles. The van der Waals surface area contributed by atoms with Crippen molar-refractivity contribution in [2.45, 2.75) is 13.1 Å². The molecule has 2 N–H and O–H groups in total. The highest BCUT2D eigenvalue weighted by Gasteiger charge is 2.45. The Morgan fingerprint density at radius 1 is 1.13 bits per heavy atom. The first-order chi connectivity index (χ1) is 14.1. The quantitative estimate of drug-likeness (QED) is 0.670. The second-order valence-corrected chi connectivity index (χ2v) is 9.15. The van der Waals surface area contributed by atoms with Crippen LogP contribution in [0, 0.1) is 0 Å². The van der Waals surface area contributed by atoms with Crippen molar-refractivity contribution in [3.63, 3.8) is 0 Å². The van der Waals surface area contributed by atoms with E-state index >= 15 is 0 Å². The first kappa shape index (κ1) is 22.1. The number of rotatable bonds is 6. The second-order valence-electron chi connectivity index (χ2n) is 6.75. The van der Waals surface area contributed by atoms with E-state index in [1.165, 1.54) is 31.3 Å². The number of hydrogen-bond donors (Lipinski definition) is 1. The summed E-state index contributed by atoms with van der Waals surface area (Å²) < 4.78 is 72.3. The highest BCUT2D eigenvalue weighted by atomic mass is 32.2. The van der Waals surface area contributed by atoms with Crippen molar-refractivity contribution in [3.8, 4) is 11.5 Å². The monoisotopic (exact) mass is 439 g/mol. The zero-order valence-corrected chi connectivity index (χ0v) is 17.1. The highest BCUT2D eigenvalue weighted by Crippen LogP contribution is 2.43. The smallest absolute Gasteiger partial charge is 0.420 e. The minimum absolute atomic E-state index is 0.0279. The van der Waals surface area contributed by atoms with Crippen LogP contribution in [0.15, 0.2) is 72.5 Å². The van der Waals surface area contributed by atoms with E-state index in [0.29, 0.717) is 5.57 Å². The van der Waals surface area contributed by atoms with Gasteiger partial charge < -0.3 is 10.5 Å². The number of quaternary nitrogens is 1. The van der Waals surface area contributed by atoms with Crippen LogP contribution in [0.5, 0.6) is 11.5 Å². The molecule has 0 saturated heterocycles. The summed E-state index contributed by atoms with van der Waals surface area (Å²) in [5.41, 5.74) is 5.12. The third-order valence-electron chi connectivity index (χ3n) is 4.86. The summed E-state index contributed by atoms with van der Waals surface area (Å²) in [6.07, 6.45) is -0.0472. The third-order valence-corrected chi connectivity index (χ3v) is 7.04. The van der Waals surface area contributed by atoms with Gasteiger partial charge in [-0.1, -0.05) is 24.3 Å². The molecule has 0 aliphatic carbocycles. The molecule has 1 atom stereocenters. The first-order valence-electron chi connectivity index (χ1n) is 9.26. The zero-order chi connectivity index (χ0) is 22.0. The Morgan fingerprint density at radius 3 is 2.43 bits per heavy atom. The Labute approximate surface area is 173 Å². The number of alkyl halides is 3. The lowest BCUT2D eigenvalue weighted by Crippen LogP contribution is -2.51. The van der Waals surface area contributed by atoms with Gasteiger partial charge in [0.1, 0.15) is 29.8 Å². The van der Waals surface area contributed by atoms with Crippen molar-refractivity contribution < 1.29 is 26.3 Å². The molecule has 3 rings (SSSR count). The van der Waals surface area contributed by atoms with Crippen LogP contribution in [0.25, 0.3) is 0 Å². The van der Waals surface area contributed by atoms with Crippen LogP contribution in [-0.4, -0.2) is 27.3 Å². The number of sulfonamides is 1. The topological polar surface area (TPSA) is 69.4 Å². The standard InChI is InChI=1S/C21H22F3N2O3S/c1-2-30(27,28)26(12-6-7-16(14-25)15-26)17-10-11-20(19(13-17)21(22,23)24)29-18-8-4-3-5-9-18/h3-11,13,15H,2,12,14,25H2,1H3/q+1. The molecule has 2 aromatic carbocycles. The molecule has 1 aliphatic heterocycles. The predicted octanol–water partition coefficient (Wildman–Crippen LogP) is 4.57. The van der Waals surface area contributed by atoms with Crippen LogP contribution in [0.1, 0.15) is 12.5 Å². The summed E-state index contributed by atoms with van der Waals surface area (Å²) in [7, 11) is -3.87. The molecule has 160 valence electrons. The van der Waals surface area contributed by atoms with Crippen LogP contribution < -0.4 is 14.4 Å². The maximum Gasteiger partial charge on any atom is 0.420 e. The third kappa shape index (κ3) is 4.14. The van der Waals surface area contributed by atoms with Crippen LogP contribution in [0.4, 0.5) is 18.9 Å². The number of benzene rings is 2. The minimum Gasteiger partial charge on any atom is -0.457 e. The fourth-order valence-corrected chi connectivity index (χ4v) is 4.79. The van der Waals surface area contributed by atoms with Gasteiger partial charge in [-0.05, 0) is 31.2 Å². The number of hydrogen-bond acceptors (Lipinski definition) is 4. The van der Waals surface area contributed by atoms with Gasteiger partial charge in [-0.3, -0.25) is 0 Å². The molecule has 5 nitrogen and oxygen atoms in total. The van der Waals surface area contributed by atoms with Gasteiger partial charge >= 0.3 is 16.2 Å². The van der Waals surface area contributed by atoms with Gasteiger partial charge in [0.25, 0.3) is 0 Å². The van der Waals surface area contributed by atoms with E-state index in [4.69, 9.17) is 10.5 Å². The summed E-state index contributed by atoms with van der Waals surface area (Å²) in [6, 6.07) is 11.4. The Morgan fingerprint density at radius 2 is 1.83 bits per heavy atom. The summed E-state index contributed by atoms with van der Waals surface area (Å²) in [5.74, 6) is -0.411. The van der Waals surface area contributed by atoms with E-state index in [-0.39, 0.29) is 30.3 Å². The lowest BCUT2D eigenvalue weighted by molar-refractivity contribution is -0.138. The van der Waals surface area contributed by atoms with E-state index in [9.17, 15) is 21.6 Å². The fourth-order valence-electron chi connectivity index (χ4n) is 3.29. The molecule has 0 fully saturated rings.